The first kappa shape index (κ1) is 18.5. The summed E-state index contributed by atoms with van der Waals surface area (Å²) in [6.45, 7) is 0. The van der Waals surface area contributed by atoms with Gasteiger partial charge in [0.05, 0.1) is 0 Å². The van der Waals surface area contributed by atoms with E-state index in [2.05, 4.69) is 0 Å². The Morgan fingerprint density at radius 1 is 0.815 bits per heavy atom. The second kappa shape index (κ2) is 7.53. The van der Waals surface area contributed by atoms with Gasteiger partial charge in [0.25, 0.3) is 5.91 Å². The van der Waals surface area contributed by atoms with Crippen LogP contribution in [0.4, 0.5) is 18.9 Å². The average molecular weight is 371 g/mol. The second-order valence-electron chi connectivity index (χ2n) is 5.91. The Morgan fingerprint density at radius 2 is 1.33 bits per heavy atom. The number of benzene rings is 3. The van der Waals surface area contributed by atoms with Gasteiger partial charge in [-0.1, -0.05) is 48.5 Å². The lowest BCUT2D eigenvalue weighted by Crippen LogP contribution is -2.42. The number of para-hydroxylation sites is 1. The number of hydrogen-bond acceptors (Lipinski definition) is 2. The fourth-order valence-electron chi connectivity index (χ4n) is 2.84. The number of halogens is 3. The van der Waals surface area contributed by atoms with E-state index in [1.807, 2.05) is 0 Å². The zero-order valence-electron chi connectivity index (χ0n) is 14.1. The Morgan fingerprint density at radius 3 is 1.85 bits per heavy atom. The molecule has 0 spiro atoms. The lowest BCUT2D eigenvalue weighted by atomic mass is 10.0. The minimum Gasteiger partial charge on any atom is -0.508 e. The highest BCUT2D eigenvalue weighted by Crippen LogP contribution is 2.41. The first-order valence-corrected chi connectivity index (χ1v) is 8.17. The highest BCUT2D eigenvalue weighted by atomic mass is 19.4. The van der Waals surface area contributed by atoms with Crippen molar-refractivity contribution in [2.75, 3.05) is 4.90 Å². The number of amides is 1. The van der Waals surface area contributed by atoms with E-state index < -0.39 is 18.1 Å². The van der Waals surface area contributed by atoms with Crippen LogP contribution in [0.1, 0.15) is 22.0 Å². The summed E-state index contributed by atoms with van der Waals surface area (Å²) in [6.07, 6.45) is -4.69. The van der Waals surface area contributed by atoms with Gasteiger partial charge in [0.2, 0.25) is 0 Å². The quantitative estimate of drug-likeness (QED) is 0.672. The monoisotopic (exact) mass is 371 g/mol. The summed E-state index contributed by atoms with van der Waals surface area (Å²) in [4.78, 5) is 13.8. The Kier molecular flexibility index (Phi) is 5.16. The van der Waals surface area contributed by atoms with Crippen molar-refractivity contribution in [3.63, 3.8) is 0 Å². The molecule has 1 amide bonds. The fraction of sp³-hybridized carbons (Fsp3) is 0.0952. The number of carbonyl (C=O) groups excluding carboxylic acids is 1. The molecule has 1 unspecified atom stereocenters. The summed E-state index contributed by atoms with van der Waals surface area (Å²) in [6, 6.07) is 18.0. The third kappa shape index (κ3) is 4.11. The summed E-state index contributed by atoms with van der Waals surface area (Å²) >= 11 is 0. The Hall–Kier alpha value is -3.28. The van der Waals surface area contributed by atoms with Crippen LogP contribution in [0.2, 0.25) is 0 Å². The molecule has 1 N–H and O–H groups in total. The predicted molar refractivity (Wildman–Crippen MR) is 96.6 cm³/mol. The minimum atomic E-state index is -4.69. The summed E-state index contributed by atoms with van der Waals surface area (Å²) in [5.74, 6) is -0.888. The Labute approximate surface area is 154 Å². The van der Waals surface area contributed by atoms with Gasteiger partial charge in [-0.15, -0.1) is 0 Å². The molecule has 27 heavy (non-hydrogen) atoms. The highest BCUT2D eigenvalue weighted by molar-refractivity contribution is 6.06. The molecule has 0 fully saturated rings. The van der Waals surface area contributed by atoms with Crippen LogP contribution in [0, 0.1) is 0 Å². The van der Waals surface area contributed by atoms with Gasteiger partial charge in [-0.05, 0) is 42.0 Å². The number of phenolic OH excluding ortho intramolecular Hbond substituents is 1. The molecule has 0 aliphatic carbocycles. The first-order chi connectivity index (χ1) is 12.9. The van der Waals surface area contributed by atoms with Crippen LogP contribution < -0.4 is 4.90 Å². The molecule has 3 rings (SSSR count). The molecule has 0 heterocycles. The number of phenols is 1. The number of alkyl halides is 3. The number of carbonyl (C=O) groups is 1. The van der Waals surface area contributed by atoms with E-state index in [1.54, 1.807) is 24.3 Å². The number of rotatable bonds is 4. The number of aromatic hydroxyl groups is 1. The predicted octanol–water partition coefficient (Wildman–Crippen LogP) is 5.34. The number of anilines is 1. The van der Waals surface area contributed by atoms with Crippen molar-refractivity contribution in [1.29, 1.82) is 0 Å². The number of hydrogen-bond donors (Lipinski definition) is 1. The van der Waals surface area contributed by atoms with E-state index in [0.717, 1.165) is 4.90 Å². The van der Waals surface area contributed by atoms with Gasteiger partial charge in [0.15, 0.2) is 6.04 Å². The van der Waals surface area contributed by atoms with Gasteiger partial charge < -0.3 is 5.11 Å². The second-order valence-corrected chi connectivity index (χ2v) is 5.91. The van der Waals surface area contributed by atoms with Crippen molar-refractivity contribution in [1.82, 2.24) is 0 Å². The van der Waals surface area contributed by atoms with Crippen LogP contribution >= 0.6 is 0 Å². The van der Waals surface area contributed by atoms with Gasteiger partial charge in [-0.2, -0.15) is 13.2 Å². The van der Waals surface area contributed by atoms with Crippen LogP contribution in [0.15, 0.2) is 84.9 Å². The average Bonchev–Trinajstić information content (AvgIpc) is 2.66. The van der Waals surface area contributed by atoms with E-state index in [4.69, 9.17) is 0 Å². The molecule has 1 atom stereocenters. The molecule has 6 heteroatoms. The molecular weight excluding hydrogens is 355 g/mol. The van der Waals surface area contributed by atoms with E-state index >= 15 is 0 Å². The van der Waals surface area contributed by atoms with Crippen molar-refractivity contribution in [3.8, 4) is 5.75 Å². The first-order valence-electron chi connectivity index (χ1n) is 8.17. The summed E-state index contributed by atoms with van der Waals surface area (Å²) in [5.41, 5.74) is 0.129. The van der Waals surface area contributed by atoms with E-state index in [9.17, 15) is 23.1 Å². The minimum absolute atomic E-state index is 0.0408. The van der Waals surface area contributed by atoms with E-state index in [1.165, 1.54) is 60.7 Å². The van der Waals surface area contributed by atoms with Crippen LogP contribution in [0.3, 0.4) is 0 Å². The molecule has 3 aromatic carbocycles. The Balaban J connectivity index is 2.16. The van der Waals surface area contributed by atoms with Crippen molar-refractivity contribution < 1.29 is 23.1 Å². The van der Waals surface area contributed by atoms with Gasteiger partial charge >= 0.3 is 6.18 Å². The number of nitrogens with zero attached hydrogens (tertiary/aromatic N) is 1. The van der Waals surface area contributed by atoms with Crippen LogP contribution in [0.5, 0.6) is 5.75 Å². The van der Waals surface area contributed by atoms with E-state index in [0.29, 0.717) is 0 Å². The normalized spacial score (nSPS) is 12.4. The SMILES string of the molecule is O=C(c1ccc(O)cc1)N(c1ccccc1)C(c1ccccc1)C(F)(F)F. The molecule has 3 aromatic rings. The standard InChI is InChI=1S/C21H16F3NO2/c22-21(23,24)19(15-7-3-1-4-8-15)25(17-9-5-2-6-10-17)20(27)16-11-13-18(26)14-12-16/h1-14,19,26H. The topological polar surface area (TPSA) is 40.5 Å². The maximum absolute atomic E-state index is 14.0. The van der Waals surface area contributed by atoms with Gasteiger partial charge in [-0.25, -0.2) is 0 Å². The third-order valence-corrected chi connectivity index (χ3v) is 4.05. The lowest BCUT2D eigenvalue weighted by Gasteiger charge is -2.33. The van der Waals surface area contributed by atoms with Crippen LogP contribution in [0.25, 0.3) is 0 Å². The maximum atomic E-state index is 14.0. The maximum Gasteiger partial charge on any atom is 0.413 e. The van der Waals surface area contributed by atoms with Crippen molar-refractivity contribution in [2.24, 2.45) is 0 Å². The molecule has 0 saturated heterocycles. The van der Waals surface area contributed by atoms with Crippen molar-refractivity contribution >= 4 is 11.6 Å². The molecule has 0 bridgehead atoms. The highest BCUT2D eigenvalue weighted by Gasteiger charge is 2.47. The van der Waals surface area contributed by atoms with Crippen molar-refractivity contribution in [3.05, 3.63) is 96.1 Å². The van der Waals surface area contributed by atoms with Gasteiger partial charge in [0.1, 0.15) is 5.75 Å². The zero-order chi connectivity index (χ0) is 19.4. The fourth-order valence-corrected chi connectivity index (χ4v) is 2.84. The summed E-state index contributed by atoms with van der Waals surface area (Å²) in [7, 11) is 0. The molecule has 0 saturated carbocycles. The van der Waals surface area contributed by atoms with Crippen LogP contribution in [-0.4, -0.2) is 17.2 Å². The van der Waals surface area contributed by atoms with Crippen molar-refractivity contribution in [2.45, 2.75) is 12.2 Å². The zero-order valence-corrected chi connectivity index (χ0v) is 14.1. The molecule has 3 nitrogen and oxygen atoms in total. The Bertz CT molecular complexity index is 894. The molecular formula is C21H16F3NO2. The summed E-state index contributed by atoms with van der Waals surface area (Å²) in [5, 5.41) is 9.41. The smallest absolute Gasteiger partial charge is 0.413 e. The molecule has 0 aliphatic heterocycles. The third-order valence-electron chi connectivity index (χ3n) is 4.05. The molecule has 0 aliphatic rings. The largest absolute Gasteiger partial charge is 0.508 e. The van der Waals surface area contributed by atoms with Gasteiger partial charge in [-0.3, -0.25) is 9.69 Å². The molecule has 0 aromatic heterocycles. The summed E-state index contributed by atoms with van der Waals surface area (Å²) < 4.78 is 42.1. The molecule has 138 valence electrons. The molecule has 0 radical (unpaired) electrons. The van der Waals surface area contributed by atoms with Crippen LogP contribution in [-0.2, 0) is 0 Å². The van der Waals surface area contributed by atoms with E-state index in [-0.39, 0.29) is 22.6 Å². The lowest BCUT2D eigenvalue weighted by molar-refractivity contribution is -0.149. The van der Waals surface area contributed by atoms with Gasteiger partial charge in [0, 0.05) is 11.3 Å².